The fourth-order valence-electron chi connectivity index (χ4n) is 3.73. The molecule has 1 aliphatic carbocycles. The molecule has 0 aliphatic heterocycles. The van der Waals surface area contributed by atoms with Crippen molar-refractivity contribution in [2.24, 2.45) is 5.92 Å². The smallest absolute Gasteiger partial charge is 0.227 e. The predicted octanol–water partition coefficient (Wildman–Crippen LogP) is 4.06. The van der Waals surface area contributed by atoms with Crippen molar-refractivity contribution in [3.05, 3.63) is 52.4 Å². The fraction of sp³-hybridized carbons (Fsp3) is 0.333. The first-order valence-corrected chi connectivity index (χ1v) is 9.56. The van der Waals surface area contributed by atoms with E-state index in [1.165, 1.54) is 7.11 Å². The summed E-state index contributed by atoms with van der Waals surface area (Å²) in [6, 6.07) is 7.40. The van der Waals surface area contributed by atoms with Gasteiger partial charge in [0.2, 0.25) is 5.91 Å². The van der Waals surface area contributed by atoms with Crippen LogP contribution in [0.2, 0.25) is 5.02 Å². The van der Waals surface area contributed by atoms with Crippen molar-refractivity contribution in [1.82, 2.24) is 9.38 Å². The number of rotatable bonds is 4. The number of hydrogen-bond donors (Lipinski definition) is 1. The molecule has 7 heteroatoms. The number of fused-ring (bicyclic) bond motifs is 3. The van der Waals surface area contributed by atoms with Crippen LogP contribution in [0, 0.1) is 12.8 Å². The van der Waals surface area contributed by atoms with Crippen LogP contribution in [0.25, 0.3) is 5.65 Å². The standard InChI is InChI=1S/C21H22ClN3O3/c1-12-4-7-20-23-15-6-5-13(8-17(15)25(20)11-12)21(26)24-16-10-18(27-2)14(22)9-19(16)28-3/h4,7,9-11,13H,5-6,8H2,1-3H3,(H,24,26). The molecule has 2 aromatic heterocycles. The number of benzene rings is 1. The third kappa shape index (κ3) is 3.29. The molecule has 146 valence electrons. The van der Waals surface area contributed by atoms with E-state index in [2.05, 4.69) is 28.9 Å². The molecule has 0 radical (unpaired) electrons. The minimum atomic E-state index is -0.140. The van der Waals surface area contributed by atoms with Gasteiger partial charge in [0.15, 0.2) is 0 Å². The molecule has 1 atom stereocenters. The Hall–Kier alpha value is -2.73. The van der Waals surface area contributed by atoms with Crippen LogP contribution in [0.5, 0.6) is 11.5 Å². The number of carbonyl (C=O) groups is 1. The summed E-state index contributed by atoms with van der Waals surface area (Å²) in [7, 11) is 3.08. The van der Waals surface area contributed by atoms with Gasteiger partial charge in [-0.25, -0.2) is 4.98 Å². The molecule has 0 saturated carbocycles. The van der Waals surface area contributed by atoms with E-state index in [-0.39, 0.29) is 11.8 Å². The second-order valence-corrected chi connectivity index (χ2v) is 7.46. The minimum Gasteiger partial charge on any atom is -0.495 e. The van der Waals surface area contributed by atoms with E-state index >= 15 is 0 Å². The summed E-state index contributed by atoms with van der Waals surface area (Å²) in [6.45, 7) is 2.05. The number of nitrogens with zero attached hydrogens (tertiary/aromatic N) is 2. The number of imidazole rings is 1. The Morgan fingerprint density at radius 3 is 2.79 bits per heavy atom. The number of anilines is 1. The van der Waals surface area contributed by atoms with Crippen molar-refractivity contribution in [2.75, 3.05) is 19.5 Å². The van der Waals surface area contributed by atoms with Crippen LogP contribution in [0.15, 0.2) is 30.5 Å². The topological polar surface area (TPSA) is 64.9 Å². The SMILES string of the molecule is COc1cc(NC(=O)C2CCc3nc4ccc(C)cn4c3C2)c(OC)cc1Cl. The molecule has 2 heterocycles. The van der Waals surface area contributed by atoms with E-state index in [0.29, 0.717) is 28.6 Å². The Morgan fingerprint density at radius 1 is 1.25 bits per heavy atom. The van der Waals surface area contributed by atoms with Crippen LogP contribution < -0.4 is 14.8 Å². The summed E-state index contributed by atoms with van der Waals surface area (Å²) < 4.78 is 12.7. The van der Waals surface area contributed by atoms with Crippen molar-refractivity contribution in [3.63, 3.8) is 0 Å². The average molecular weight is 400 g/mol. The Labute approximate surface area is 168 Å². The summed E-state index contributed by atoms with van der Waals surface area (Å²) in [5.74, 6) is 0.803. The van der Waals surface area contributed by atoms with Gasteiger partial charge in [-0.05, 0) is 31.4 Å². The van der Waals surface area contributed by atoms with Gasteiger partial charge in [0.25, 0.3) is 0 Å². The van der Waals surface area contributed by atoms with Crippen molar-refractivity contribution >= 4 is 28.8 Å². The lowest BCUT2D eigenvalue weighted by Gasteiger charge is -2.22. The molecule has 4 rings (SSSR count). The van der Waals surface area contributed by atoms with Gasteiger partial charge < -0.3 is 19.2 Å². The summed E-state index contributed by atoms with van der Waals surface area (Å²) in [6.07, 6.45) is 4.28. The van der Waals surface area contributed by atoms with Crippen molar-refractivity contribution in [2.45, 2.75) is 26.2 Å². The molecule has 0 bridgehead atoms. The molecule has 1 unspecified atom stereocenters. The van der Waals surface area contributed by atoms with Gasteiger partial charge in [-0.15, -0.1) is 0 Å². The largest absolute Gasteiger partial charge is 0.495 e. The lowest BCUT2D eigenvalue weighted by atomic mass is 9.89. The van der Waals surface area contributed by atoms with Crippen LogP contribution in [-0.4, -0.2) is 29.5 Å². The summed E-state index contributed by atoms with van der Waals surface area (Å²) in [5, 5.41) is 3.41. The predicted molar refractivity (Wildman–Crippen MR) is 109 cm³/mol. The first-order valence-electron chi connectivity index (χ1n) is 9.19. The molecule has 1 amide bonds. The number of hydrogen-bond acceptors (Lipinski definition) is 4. The second kappa shape index (κ2) is 7.36. The molecule has 28 heavy (non-hydrogen) atoms. The van der Waals surface area contributed by atoms with Gasteiger partial charge in [0.05, 0.1) is 30.6 Å². The Balaban J connectivity index is 1.59. The lowest BCUT2D eigenvalue weighted by Crippen LogP contribution is -2.28. The highest BCUT2D eigenvalue weighted by Crippen LogP contribution is 2.36. The Kier molecular flexibility index (Phi) is 4.89. The quantitative estimate of drug-likeness (QED) is 0.718. The van der Waals surface area contributed by atoms with E-state index in [1.807, 2.05) is 6.07 Å². The van der Waals surface area contributed by atoms with E-state index in [0.717, 1.165) is 35.4 Å². The molecule has 1 aromatic carbocycles. The molecule has 1 aliphatic rings. The molecule has 1 N–H and O–H groups in total. The normalized spacial score (nSPS) is 15.9. The van der Waals surface area contributed by atoms with Crippen molar-refractivity contribution in [1.29, 1.82) is 0 Å². The number of aromatic nitrogens is 2. The van der Waals surface area contributed by atoms with Crippen LogP contribution in [0.1, 0.15) is 23.4 Å². The number of nitrogens with one attached hydrogen (secondary N) is 1. The zero-order chi connectivity index (χ0) is 19.8. The molecule has 0 spiro atoms. The van der Waals surface area contributed by atoms with Gasteiger partial charge in [-0.2, -0.15) is 0 Å². The molecule has 3 aromatic rings. The highest BCUT2D eigenvalue weighted by atomic mass is 35.5. The van der Waals surface area contributed by atoms with Gasteiger partial charge in [0, 0.05) is 36.4 Å². The van der Waals surface area contributed by atoms with Crippen molar-refractivity contribution in [3.8, 4) is 11.5 Å². The fourth-order valence-corrected chi connectivity index (χ4v) is 3.96. The number of amides is 1. The van der Waals surface area contributed by atoms with E-state index in [1.54, 1.807) is 19.2 Å². The first-order chi connectivity index (χ1) is 13.5. The van der Waals surface area contributed by atoms with Gasteiger partial charge >= 0.3 is 0 Å². The maximum Gasteiger partial charge on any atom is 0.227 e. The lowest BCUT2D eigenvalue weighted by molar-refractivity contribution is -0.120. The zero-order valence-corrected chi connectivity index (χ0v) is 16.8. The number of halogens is 1. The number of pyridine rings is 1. The summed E-state index contributed by atoms with van der Waals surface area (Å²) >= 11 is 6.15. The maximum absolute atomic E-state index is 13.0. The van der Waals surface area contributed by atoms with Crippen LogP contribution >= 0.6 is 11.6 Å². The van der Waals surface area contributed by atoms with Gasteiger partial charge in [-0.3, -0.25) is 4.79 Å². The highest BCUT2D eigenvalue weighted by Gasteiger charge is 2.29. The van der Waals surface area contributed by atoms with E-state index in [9.17, 15) is 4.79 Å². The van der Waals surface area contributed by atoms with E-state index in [4.69, 9.17) is 26.1 Å². The number of carbonyl (C=O) groups excluding carboxylic acids is 1. The summed E-state index contributed by atoms with van der Waals surface area (Å²) in [4.78, 5) is 17.7. The third-order valence-corrected chi connectivity index (χ3v) is 5.52. The average Bonchev–Trinajstić information content (AvgIpc) is 3.05. The van der Waals surface area contributed by atoms with Crippen LogP contribution in [0.4, 0.5) is 5.69 Å². The number of ether oxygens (including phenoxy) is 2. The van der Waals surface area contributed by atoms with Crippen molar-refractivity contribution < 1.29 is 14.3 Å². The highest BCUT2D eigenvalue weighted by molar-refractivity contribution is 6.32. The van der Waals surface area contributed by atoms with Gasteiger partial charge in [-0.1, -0.05) is 17.7 Å². The Morgan fingerprint density at radius 2 is 2.04 bits per heavy atom. The number of aryl methyl sites for hydroxylation is 2. The molecule has 0 saturated heterocycles. The van der Waals surface area contributed by atoms with Crippen LogP contribution in [0.3, 0.4) is 0 Å². The second-order valence-electron chi connectivity index (χ2n) is 7.06. The third-order valence-electron chi connectivity index (χ3n) is 5.22. The first kappa shape index (κ1) is 18.6. The molecular formula is C21H22ClN3O3. The number of methoxy groups -OCH3 is 2. The monoisotopic (exact) mass is 399 g/mol. The maximum atomic E-state index is 13.0. The summed E-state index contributed by atoms with van der Waals surface area (Å²) in [5.41, 5.74) is 4.85. The molecule has 6 nitrogen and oxygen atoms in total. The molecular weight excluding hydrogens is 378 g/mol. The van der Waals surface area contributed by atoms with E-state index < -0.39 is 0 Å². The Bertz CT molecular complexity index is 1060. The molecule has 0 fully saturated rings. The van der Waals surface area contributed by atoms with Gasteiger partial charge in [0.1, 0.15) is 17.1 Å². The minimum absolute atomic E-state index is 0.0454. The van der Waals surface area contributed by atoms with Crippen LogP contribution in [-0.2, 0) is 17.6 Å². The zero-order valence-electron chi connectivity index (χ0n) is 16.1.